The van der Waals surface area contributed by atoms with Crippen molar-refractivity contribution in [3.63, 3.8) is 0 Å². The van der Waals surface area contributed by atoms with Gasteiger partial charge in [0.25, 0.3) is 17.7 Å². The van der Waals surface area contributed by atoms with Gasteiger partial charge in [-0.2, -0.15) is 5.26 Å². The molecule has 44 heavy (non-hydrogen) atoms. The maximum absolute atomic E-state index is 14.9. The predicted octanol–water partition coefficient (Wildman–Crippen LogP) is 4.79. The van der Waals surface area contributed by atoms with E-state index in [9.17, 15) is 32.8 Å². The van der Waals surface area contributed by atoms with E-state index in [2.05, 4.69) is 11.4 Å². The number of rotatable bonds is 6. The molecule has 3 amide bonds. The van der Waals surface area contributed by atoms with Gasteiger partial charge in [-0.1, -0.05) is 29.8 Å². The minimum Gasteiger partial charge on any atom is -0.357 e. The fourth-order valence-corrected chi connectivity index (χ4v) is 7.09. The van der Waals surface area contributed by atoms with E-state index in [1.54, 1.807) is 48.5 Å². The molecule has 12 heteroatoms. The molecule has 1 saturated heterocycles. The normalized spacial score (nSPS) is 25.6. The lowest BCUT2D eigenvalue weighted by atomic mass is 9.83. The van der Waals surface area contributed by atoms with Crippen LogP contribution in [-0.2, 0) is 26.3 Å². The van der Waals surface area contributed by atoms with Crippen molar-refractivity contribution in [1.82, 2.24) is 15.1 Å². The first-order chi connectivity index (χ1) is 20.9. The van der Waals surface area contributed by atoms with Crippen LogP contribution in [0.3, 0.4) is 0 Å². The Morgan fingerprint density at radius 3 is 2.61 bits per heavy atom. The topological polar surface area (TPSA) is 96.8 Å². The van der Waals surface area contributed by atoms with Crippen molar-refractivity contribution in [2.45, 2.75) is 68.2 Å². The highest BCUT2D eigenvalue weighted by Gasteiger charge is 2.57. The number of nitriles is 1. The lowest BCUT2D eigenvalue weighted by Crippen LogP contribution is -2.64. The van der Waals surface area contributed by atoms with Crippen LogP contribution in [0.5, 0.6) is 0 Å². The van der Waals surface area contributed by atoms with E-state index < -0.39 is 60.2 Å². The standard InChI is InChI=1S/C32H29ClF3N5O3/c1-39-13-11-19(18-37)14-27(39)40-26(8-9-28(40)42)29(43)41(22-5-2-4-20(34)15-22)32(30(44)38-21-16-31(35,36)17-21)12-10-23-24(32)6-3-7-25(23)33/h2-7,11,13-15,21,26-27H,8-10,12,16-17H2,1H3,(H,38,44)/t26-,27?,32-/m0/s1. The second kappa shape index (κ2) is 11.0. The van der Waals surface area contributed by atoms with Crippen molar-refractivity contribution in [2.24, 2.45) is 0 Å². The fourth-order valence-electron chi connectivity index (χ4n) is 6.83. The molecule has 0 radical (unpaired) electrons. The van der Waals surface area contributed by atoms with Crippen molar-refractivity contribution in [1.29, 1.82) is 5.26 Å². The van der Waals surface area contributed by atoms with Crippen LogP contribution in [0.4, 0.5) is 18.9 Å². The number of carbonyl (C=O) groups excluding carboxylic acids is 3. The van der Waals surface area contributed by atoms with Crippen LogP contribution in [0.1, 0.15) is 43.2 Å². The van der Waals surface area contributed by atoms with Crippen LogP contribution < -0.4 is 10.2 Å². The zero-order chi connectivity index (χ0) is 31.4. The van der Waals surface area contributed by atoms with Crippen LogP contribution in [-0.4, -0.2) is 58.7 Å². The molecule has 2 aliphatic carbocycles. The molecule has 8 nitrogen and oxygen atoms in total. The Morgan fingerprint density at radius 1 is 1.16 bits per heavy atom. The number of likely N-dealkylation sites (N-methyl/N-ethyl adjacent to an activating group) is 1. The van der Waals surface area contributed by atoms with Crippen LogP contribution in [0.2, 0.25) is 5.02 Å². The average molecular weight is 624 g/mol. The number of alkyl halides is 2. The number of hydrogen-bond donors (Lipinski definition) is 1. The molecule has 4 aliphatic rings. The molecular formula is C32H29ClF3N5O3. The molecule has 0 aromatic heterocycles. The lowest BCUT2D eigenvalue weighted by Gasteiger charge is -2.46. The van der Waals surface area contributed by atoms with E-state index in [4.69, 9.17) is 11.6 Å². The molecule has 6 rings (SSSR count). The number of likely N-dealkylation sites (tertiary alicyclic amines) is 1. The Morgan fingerprint density at radius 2 is 1.91 bits per heavy atom. The number of nitrogens with one attached hydrogen (secondary N) is 1. The lowest BCUT2D eigenvalue weighted by molar-refractivity contribution is -0.141. The number of allylic oxidation sites excluding steroid dienone is 2. The summed E-state index contributed by atoms with van der Waals surface area (Å²) >= 11 is 6.56. The Bertz CT molecular complexity index is 1650. The maximum atomic E-state index is 14.9. The van der Waals surface area contributed by atoms with E-state index >= 15 is 0 Å². The number of halogens is 4. The molecule has 1 saturated carbocycles. The number of nitrogens with zero attached hydrogens (tertiary/aromatic N) is 4. The highest BCUT2D eigenvalue weighted by Crippen LogP contribution is 2.48. The van der Waals surface area contributed by atoms with Gasteiger partial charge in [0.2, 0.25) is 5.91 Å². The monoisotopic (exact) mass is 623 g/mol. The summed E-state index contributed by atoms with van der Waals surface area (Å²) in [5, 5.41) is 12.6. The first-order valence-corrected chi connectivity index (χ1v) is 14.7. The number of benzene rings is 2. The number of carbonyl (C=O) groups is 3. The zero-order valence-electron chi connectivity index (χ0n) is 23.8. The predicted molar refractivity (Wildman–Crippen MR) is 156 cm³/mol. The fraction of sp³-hybridized carbons (Fsp3) is 0.375. The second-order valence-electron chi connectivity index (χ2n) is 11.7. The third-order valence-electron chi connectivity index (χ3n) is 8.96. The molecule has 2 heterocycles. The largest absolute Gasteiger partial charge is 0.357 e. The summed E-state index contributed by atoms with van der Waals surface area (Å²) < 4.78 is 42.4. The minimum atomic E-state index is -2.90. The summed E-state index contributed by atoms with van der Waals surface area (Å²) in [5.41, 5.74) is -0.365. The average Bonchev–Trinajstić information content (AvgIpc) is 3.55. The summed E-state index contributed by atoms with van der Waals surface area (Å²) in [4.78, 5) is 47.0. The van der Waals surface area contributed by atoms with Crippen molar-refractivity contribution < 1.29 is 27.6 Å². The SMILES string of the molecule is CN1C=CC(C#N)=CC1N1C(=O)CC[C@H]1C(=O)N(c1cccc(F)c1)[C@@]1(C(=O)NC2CC(F)(F)C2)CCc2c(Cl)cccc21. The van der Waals surface area contributed by atoms with Gasteiger partial charge in [0.1, 0.15) is 18.0 Å². The number of hydrogen-bond acceptors (Lipinski definition) is 5. The van der Waals surface area contributed by atoms with Gasteiger partial charge in [-0.3, -0.25) is 19.3 Å². The summed E-state index contributed by atoms with van der Waals surface area (Å²) in [5.74, 6) is -5.21. The highest BCUT2D eigenvalue weighted by molar-refractivity contribution is 6.31. The molecule has 1 unspecified atom stereocenters. The third kappa shape index (κ3) is 4.91. The second-order valence-corrected chi connectivity index (χ2v) is 12.1. The third-order valence-corrected chi connectivity index (χ3v) is 9.31. The van der Waals surface area contributed by atoms with E-state index in [0.29, 0.717) is 28.1 Å². The Kier molecular flexibility index (Phi) is 7.44. The van der Waals surface area contributed by atoms with Gasteiger partial charge < -0.3 is 15.1 Å². The molecule has 0 bridgehead atoms. The van der Waals surface area contributed by atoms with E-state index in [1.807, 2.05) is 0 Å². The molecule has 2 aromatic carbocycles. The quantitative estimate of drug-likeness (QED) is 0.499. The van der Waals surface area contributed by atoms with Crippen molar-refractivity contribution >= 4 is 35.0 Å². The van der Waals surface area contributed by atoms with Crippen LogP contribution >= 0.6 is 11.6 Å². The maximum Gasteiger partial charge on any atom is 0.252 e. The van der Waals surface area contributed by atoms with Crippen molar-refractivity contribution in [3.05, 3.63) is 88.4 Å². The van der Waals surface area contributed by atoms with E-state index in [1.165, 1.54) is 28.0 Å². The highest BCUT2D eigenvalue weighted by atomic mass is 35.5. The Labute approximate surface area is 257 Å². The number of anilines is 1. The van der Waals surface area contributed by atoms with Gasteiger partial charge in [0, 0.05) is 49.3 Å². The van der Waals surface area contributed by atoms with Crippen LogP contribution in [0.15, 0.2) is 66.4 Å². The van der Waals surface area contributed by atoms with Crippen LogP contribution in [0, 0.1) is 17.1 Å². The summed E-state index contributed by atoms with van der Waals surface area (Å²) in [7, 11) is 1.71. The van der Waals surface area contributed by atoms with E-state index in [-0.39, 0.29) is 30.9 Å². The van der Waals surface area contributed by atoms with Crippen molar-refractivity contribution in [2.75, 3.05) is 11.9 Å². The van der Waals surface area contributed by atoms with Gasteiger partial charge >= 0.3 is 0 Å². The smallest absolute Gasteiger partial charge is 0.252 e. The number of amides is 3. The van der Waals surface area contributed by atoms with Gasteiger partial charge in [-0.05, 0) is 66.8 Å². The van der Waals surface area contributed by atoms with Gasteiger partial charge in [0.15, 0.2) is 5.54 Å². The molecule has 2 aliphatic heterocycles. The van der Waals surface area contributed by atoms with Crippen LogP contribution in [0.25, 0.3) is 0 Å². The Balaban J connectivity index is 1.49. The zero-order valence-corrected chi connectivity index (χ0v) is 24.5. The molecule has 1 N–H and O–H groups in total. The minimum absolute atomic E-state index is 0.0376. The number of fused-ring (bicyclic) bond motifs is 1. The van der Waals surface area contributed by atoms with Gasteiger partial charge in [0.05, 0.1) is 11.6 Å². The molecule has 3 atom stereocenters. The summed E-state index contributed by atoms with van der Waals surface area (Å²) in [6, 6.07) is 10.4. The summed E-state index contributed by atoms with van der Waals surface area (Å²) in [6.45, 7) is 0. The molecule has 0 spiro atoms. The first kappa shape index (κ1) is 29.8. The molecular weight excluding hydrogens is 595 g/mol. The molecule has 2 aromatic rings. The summed E-state index contributed by atoms with van der Waals surface area (Å²) in [6.07, 6.45) is 3.47. The molecule has 228 valence electrons. The van der Waals surface area contributed by atoms with Crippen molar-refractivity contribution in [3.8, 4) is 6.07 Å². The molecule has 2 fully saturated rings. The van der Waals surface area contributed by atoms with E-state index in [0.717, 1.165) is 6.07 Å². The van der Waals surface area contributed by atoms with Gasteiger partial charge in [-0.15, -0.1) is 0 Å². The first-order valence-electron chi connectivity index (χ1n) is 14.3. The Hall–Kier alpha value is -4.30. The van der Waals surface area contributed by atoms with Gasteiger partial charge in [-0.25, -0.2) is 13.2 Å².